The molecule has 0 saturated heterocycles. The summed E-state index contributed by atoms with van der Waals surface area (Å²) in [6, 6.07) is 17.5. The third kappa shape index (κ3) is 4.62. The van der Waals surface area contributed by atoms with Gasteiger partial charge in [0.05, 0.1) is 25.8 Å². The number of H-pyrrole nitrogens is 1. The fourth-order valence-electron chi connectivity index (χ4n) is 3.49. The van der Waals surface area contributed by atoms with Crippen LogP contribution in [0.2, 0.25) is 0 Å². The molecule has 0 atom stereocenters. The second-order valence-corrected chi connectivity index (χ2v) is 7.57. The largest absolute Gasteiger partial charge is 0.497 e. The summed E-state index contributed by atoms with van der Waals surface area (Å²) in [4.78, 5) is 13.2. The number of aromatic nitrogens is 5. The van der Waals surface area contributed by atoms with Crippen LogP contribution in [0.5, 0.6) is 5.75 Å². The monoisotopic (exact) mass is 448 g/mol. The summed E-state index contributed by atoms with van der Waals surface area (Å²) >= 11 is 5.23. The number of methoxy groups -OCH3 is 1. The minimum atomic E-state index is -0.237. The Morgan fingerprint density at radius 2 is 2.00 bits per heavy atom. The lowest BCUT2D eigenvalue weighted by Gasteiger charge is -2.07. The fourth-order valence-corrected chi connectivity index (χ4v) is 3.77. The molecule has 0 bridgehead atoms. The van der Waals surface area contributed by atoms with Crippen LogP contribution in [0.25, 0.3) is 11.3 Å². The van der Waals surface area contributed by atoms with Crippen LogP contribution in [0.15, 0.2) is 60.8 Å². The molecular formula is C23H24N6O2S. The molecule has 4 rings (SSSR count). The van der Waals surface area contributed by atoms with E-state index in [1.165, 1.54) is 0 Å². The highest BCUT2D eigenvalue weighted by molar-refractivity contribution is 7.71. The predicted octanol–water partition coefficient (Wildman–Crippen LogP) is 3.81. The van der Waals surface area contributed by atoms with Gasteiger partial charge in [0, 0.05) is 18.3 Å². The number of carbonyl (C=O) groups is 1. The summed E-state index contributed by atoms with van der Waals surface area (Å²) in [5.74, 6) is 1.13. The molecule has 0 unspecified atom stereocenters. The Kier molecular flexibility index (Phi) is 6.46. The summed E-state index contributed by atoms with van der Waals surface area (Å²) < 4.78 is 9.51. The van der Waals surface area contributed by atoms with E-state index in [2.05, 4.69) is 15.5 Å². The lowest BCUT2D eigenvalue weighted by Crippen LogP contribution is -2.25. The van der Waals surface area contributed by atoms with Crippen LogP contribution < -0.4 is 10.1 Å². The fraction of sp³-hybridized carbons (Fsp3) is 0.217. The number of benzene rings is 2. The molecule has 0 radical (unpaired) electrons. The highest BCUT2D eigenvalue weighted by Gasteiger charge is 2.19. The van der Waals surface area contributed by atoms with E-state index in [1.807, 2.05) is 66.1 Å². The first-order valence-electron chi connectivity index (χ1n) is 10.3. The lowest BCUT2D eigenvalue weighted by molar-refractivity contribution is 0.0950. The van der Waals surface area contributed by atoms with Crippen molar-refractivity contribution in [1.82, 2.24) is 29.9 Å². The molecule has 2 aromatic heterocycles. The normalized spacial score (nSPS) is 10.8. The molecule has 9 heteroatoms. The van der Waals surface area contributed by atoms with Crippen molar-refractivity contribution in [3.8, 4) is 17.0 Å². The van der Waals surface area contributed by atoms with Crippen molar-refractivity contribution >= 4 is 18.1 Å². The van der Waals surface area contributed by atoms with Gasteiger partial charge in [-0.15, -0.1) is 0 Å². The van der Waals surface area contributed by atoms with E-state index >= 15 is 0 Å². The number of hydrogen-bond acceptors (Lipinski definition) is 5. The zero-order valence-corrected chi connectivity index (χ0v) is 18.7. The van der Waals surface area contributed by atoms with Crippen molar-refractivity contribution in [1.29, 1.82) is 0 Å². The Morgan fingerprint density at radius 1 is 1.19 bits per heavy atom. The molecule has 8 nitrogen and oxygen atoms in total. The van der Waals surface area contributed by atoms with Gasteiger partial charge < -0.3 is 14.6 Å². The quantitative estimate of drug-likeness (QED) is 0.400. The van der Waals surface area contributed by atoms with E-state index in [4.69, 9.17) is 22.1 Å². The molecule has 0 aliphatic rings. The van der Waals surface area contributed by atoms with Crippen molar-refractivity contribution in [2.24, 2.45) is 0 Å². The van der Waals surface area contributed by atoms with Crippen molar-refractivity contribution in [3.63, 3.8) is 0 Å². The minimum absolute atomic E-state index is 0.237. The van der Waals surface area contributed by atoms with Gasteiger partial charge in [0.25, 0.3) is 5.91 Å². The van der Waals surface area contributed by atoms with Crippen LogP contribution in [-0.4, -0.2) is 37.6 Å². The minimum Gasteiger partial charge on any atom is -0.497 e. The molecule has 2 aromatic carbocycles. The van der Waals surface area contributed by atoms with E-state index in [0.29, 0.717) is 40.7 Å². The smallest absolute Gasteiger partial charge is 0.255 e. The summed E-state index contributed by atoms with van der Waals surface area (Å²) in [5.41, 5.74) is 2.97. The Morgan fingerprint density at radius 3 is 2.75 bits per heavy atom. The molecule has 164 valence electrons. The Balaban J connectivity index is 1.65. The molecule has 2 N–H and O–H groups in total. The van der Waals surface area contributed by atoms with Crippen LogP contribution in [0.3, 0.4) is 0 Å². The zero-order chi connectivity index (χ0) is 22.5. The van der Waals surface area contributed by atoms with Gasteiger partial charge in [-0.3, -0.25) is 14.6 Å². The molecule has 32 heavy (non-hydrogen) atoms. The first-order valence-corrected chi connectivity index (χ1v) is 10.7. The molecule has 0 saturated carbocycles. The van der Waals surface area contributed by atoms with Gasteiger partial charge in [0.1, 0.15) is 11.4 Å². The van der Waals surface area contributed by atoms with Crippen molar-refractivity contribution in [2.45, 2.75) is 26.6 Å². The van der Waals surface area contributed by atoms with Crippen LogP contribution in [0.1, 0.15) is 28.7 Å². The lowest BCUT2D eigenvalue weighted by atomic mass is 10.1. The van der Waals surface area contributed by atoms with Crippen LogP contribution in [0, 0.1) is 4.77 Å². The van der Waals surface area contributed by atoms with Gasteiger partial charge in [0.2, 0.25) is 0 Å². The third-order valence-corrected chi connectivity index (χ3v) is 5.41. The molecule has 0 spiro atoms. The Labute approximate surface area is 190 Å². The third-order valence-electron chi connectivity index (χ3n) is 5.10. The highest BCUT2D eigenvalue weighted by atomic mass is 32.1. The topological polar surface area (TPSA) is 89.8 Å². The van der Waals surface area contributed by atoms with Gasteiger partial charge >= 0.3 is 0 Å². The number of ether oxygens (including phenoxy) is 1. The number of nitrogens with zero attached hydrogens (tertiary/aromatic N) is 4. The number of aromatic amines is 1. The van der Waals surface area contributed by atoms with Crippen LogP contribution in [0.4, 0.5) is 0 Å². The maximum Gasteiger partial charge on any atom is 0.255 e. The number of amides is 1. The molecular weight excluding hydrogens is 424 g/mol. The number of rotatable bonds is 8. The molecule has 2 heterocycles. The van der Waals surface area contributed by atoms with Gasteiger partial charge in [-0.25, -0.2) is 0 Å². The summed E-state index contributed by atoms with van der Waals surface area (Å²) in [7, 11) is 1.61. The molecule has 4 aromatic rings. The van der Waals surface area contributed by atoms with Crippen molar-refractivity contribution < 1.29 is 9.53 Å². The Bertz CT molecular complexity index is 1280. The second-order valence-electron chi connectivity index (χ2n) is 7.18. The average Bonchev–Trinajstić information content (AvgIpc) is 3.41. The number of carbonyl (C=O) groups excluding carboxylic acids is 1. The van der Waals surface area contributed by atoms with Crippen molar-refractivity contribution in [2.75, 3.05) is 7.11 Å². The maximum absolute atomic E-state index is 13.2. The summed E-state index contributed by atoms with van der Waals surface area (Å²) in [6.45, 7) is 3.45. The van der Waals surface area contributed by atoms with Gasteiger partial charge in [0.15, 0.2) is 10.6 Å². The molecule has 0 aliphatic carbocycles. The zero-order valence-electron chi connectivity index (χ0n) is 17.9. The SMILES string of the molecule is CCn1c(CNC(=O)c2cn(Cc3ccccc3)nc2-c2cccc(OC)c2)n[nH]c1=S. The average molecular weight is 449 g/mol. The van der Waals surface area contributed by atoms with Gasteiger partial charge in [-0.1, -0.05) is 42.5 Å². The first-order chi connectivity index (χ1) is 15.6. The predicted molar refractivity (Wildman–Crippen MR) is 124 cm³/mol. The van der Waals surface area contributed by atoms with Gasteiger partial charge in [-0.2, -0.15) is 10.2 Å². The Hall–Kier alpha value is -3.72. The molecule has 0 fully saturated rings. The first kappa shape index (κ1) is 21.5. The molecule has 1 amide bonds. The summed E-state index contributed by atoms with van der Waals surface area (Å²) in [5, 5.41) is 14.6. The highest BCUT2D eigenvalue weighted by Crippen LogP contribution is 2.26. The van der Waals surface area contributed by atoms with E-state index in [1.54, 1.807) is 18.0 Å². The molecule has 0 aliphatic heterocycles. The van der Waals surface area contributed by atoms with Crippen molar-refractivity contribution in [3.05, 3.63) is 82.5 Å². The van der Waals surface area contributed by atoms with E-state index in [0.717, 1.165) is 11.1 Å². The second kappa shape index (κ2) is 9.61. The number of nitrogens with one attached hydrogen (secondary N) is 2. The van der Waals surface area contributed by atoms with E-state index in [-0.39, 0.29) is 12.5 Å². The number of hydrogen-bond donors (Lipinski definition) is 2. The summed E-state index contributed by atoms with van der Waals surface area (Å²) in [6.07, 6.45) is 1.77. The van der Waals surface area contributed by atoms with E-state index in [9.17, 15) is 4.79 Å². The standard InChI is InChI=1S/C23H24N6O2S/c1-3-29-20(25-26-23(29)32)13-24-22(30)19-15-28(14-16-8-5-4-6-9-16)27-21(19)17-10-7-11-18(12-17)31-2/h4-12,15H,3,13-14H2,1-2H3,(H,24,30)(H,26,32). The van der Waals surface area contributed by atoms with Crippen LogP contribution >= 0.6 is 12.2 Å². The van der Waals surface area contributed by atoms with Crippen LogP contribution in [-0.2, 0) is 19.6 Å². The maximum atomic E-state index is 13.2. The van der Waals surface area contributed by atoms with Gasteiger partial charge in [-0.05, 0) is 36.8 Å². The van der Waals surface area contributed by atoms with E-state index < -0.39 is 0 Å².